The van der Waals surface area contributed by atoms with Crippen molar-refractivity contribution >= 4 is 11.6 Å². The number of hydrogen-bond acceptors (Lipinski definition) is 2. The van der Waals surface area contributed by atoms with Crippen LogP contribution in [0.2, 0.25) is 0 Å². The van der Waals surface area contributed by atoms with Gasteiger partial charge in [-0.25, -0.2) is 4.98 Å². The van der Waals surface area contributed by atoms with Crippen LogP contribution < -0.4 is 5.32 Å². The fraction of sp³-hybridized carbons (Fsp3) is 0.231. The third-order valence-corrected chi connectivity index (χ3v) is 2.26. The minimum Gasteiger partial charge on any atom is -0.355 e. The Morgan fingerprint density at radius 3 is 3.24 bits per heavy atom. The second kappa shape index (κ2) is 5.17. The number of fused-ring (bicyclic) bond motifs is 1. The zero-order chi connectivity index (χ0) is 12.1. The first-order chi connectivity index (χ1) is 8.27. The third-order valence-electron chi connectivity index (χ3n) is 2.26. The second-order valence-corrected chi connectivity index (χ2v) is 3.61. The second-order valence-electron chi connectivity index (χ2n) is 3.61. The summed E-state index contributed by atoms with van der Waals surface area (Å²) in [5.41, 5.74) is 1.75. The number of carbonyl (C=O) groups excluding carboxylic acids is 1. The molecule has 0 radical (unpaired) electrons. The van der Waals surface area contributed by atoms with Gasteiger partial charge in [-0.3, -0.25) is 9.20 Å². The molecule has 1 amide bonds. The molecule has 2 aromatic heterocycles. The monoisotopic (exact) mass is 227 g/mol. The van der Waals surface area contributed by atoms with Gasteiger partial charge in [-0.2, -0.15) is 0 Å². The normalized spacial score (nSPS) is 9.71. The first kappa shape index (κ1) is 11.2. The topological polar surface area (TPSA) is 46.4 Å². The molecule has 2 heterocycles. The molecular formula is C13H13N3O. The predicted molar refractivity (Wildman–Crippen MR) is 65.4 cm³/mol. The van der Waals surface area contributed by atoms with E-state index < -0.39 is 0 Å². The van der Waals surface area contributed by atoms with Crippen LogP contribution in [-0.4, -0.2) is 21.8 Å². The van der Waals surface area contributed by atoms with Crippen LogP contribution >= 0.6 is 0 Å². The van der Waals surface area contributed by atoms with E-state index in [1.54, 1.807) is 6.20 Å². The van der Waals surface area contributed by atoms with E-state index in [-0.39, 0.29) is 5.91 Å². The molecule has 0 bridgehead atoms. The Kier molecular flexibility index (Phi) is 3.41. The quantitative estimate of drug-likeness (QED) is 0.619. The van der Waals surface area contributed by atoms with Gasteiger partial charge in [-0.1, -0.05) is 12.0 Å². The standard InChI is InChI=1S/C13H13N3O/c1-11(17)14-8-4-2-6-12-10-15-13-7-3-5-9-16(12)13/h3,5,7,9-10H,4,8H2,1H3,(H,14,17). The van der Waals surface area contributed by atoms with Gasteiger partial charge in [0.1, 0.15) is 11.3 Å². The van der Waals surface area contributed by atoms with Crippen LogP contribution in [0.1, 0.15) is 19.0 Å². The van der Waals surface area contributed by atoms with Crippen molar-refractivity contribution in [3.05, 3.63) is 36.3 Å². The number of amides is 1. The largest absolute Gasteiger partial charge is 0.355 e. The number of aromatic nitrogens is 2. The maximum absolute atomic E-state index is 10.6. The molecule has 2 rings (SSSR count). The Labute approximate surface area is 99.7 Å². The molecule has 0 aliphatic heterocycles. The van der Waals surface area contributed by atoms with Crippen molar-refractivity contribution in [1.29, 1.82) is 0 Å². The van der Waals surface area contributed by atoms with E-state index in [4.69, 9.17) is 0 Å². The van der Waals surface area contributed by atoms with E-state index in [0.717, 1.165) is 11.3 Å². The number of nitrogens with zero attached hydrogens (tertiary/aromatic N) is 2. The molecular weight excluding hydrogens is 214 g/mol. The van der Waals surface area contributed by atoms with Crippen LogP contribution in [-0.2, 0) is 4.79 Å². The highest BCUT2D eigenvalue weighted by Gasteiger charge is 1.97. The van der Waals surface area contributed by atoms with E-state index in [9.17, 15) is 4.79 Å². The lowest BCUT2D eigenvalue weighted by Gasteiger charge is -1.95. The summed E-state index contributed by atoms with van der Waals surface area (Å²) in [6, 6.07) is 5.82. The van der Waals surface area contributed by atoms with Gasteiger partial charge >= 0.3 is 0 Å². The van der Waals surface area contributed by atoms with Gasteiger partial charge in [0.15, 0.2) is 0 Å². The lowest BCUT2D eigenvalue weighted by atomic mass is 10.3. The number of hydrogen-bond donors (Lipinski definition) is 1. The highest BCUT2D eigenvalue weighted by molar-refractivity contribution is 5.72. The lowest BCUT2D eigenvalue weighted by molar-refractivity contribution is -0.118. The molecule has 0 aliphatic rings. The number of pyridine rings is 1. The zero-order valence-electron chi connectivity index (χ0n) is 9.60. The van der Waals surface area contributed by atoms with Gasteiger partial charge < -0.3 is 5.32 Å². The van der Waals surface area contributed by atoms with Crippen molar-refractivity contribution in [3.63, 3.8) is 0 Å². The Morgan fingerprint density at radius 1 is 1.53 bits per heavy atom. The molecule has 0 aromatic carbocycles. The molecule has 0 spiro atoms. The summed E-state index contributed by atoms with van der Waals surface area (Å²) >= 11 is 0. The minimum atomic E-state index is -0.0263. The van der Waals surface area contributed by atoms with Crippen molar-refractivity contribution < 1.29 is 4.79 Å². The van der Waals surface area contributed by atoms with Gasteiger partial charge in [-0.15, -0.1) is 0 Å². The number of rotatable bonds is 2. The van der Waals surface area contributed by atoms with E-state index in [2.05, 4.69) is 22.1 Å². The molecule has 0 aliphatic carbocycles. The lowest BCUT2D eigenvalue weighted by Crippen LogP contribution is -2.20. The number of imidazole rings is 1. The van der Waals surface area contributed by atoms with Crippen LogP contribution in [0, 0.1) is 11.8 Å². The fourth-order valence-corrected chi connectivity index (χ4v) is 1.48. The average Bonchev–Trinajstić information content (AvgIpc) is 2.72. The Bertz CT molecular complexity index is 589. The van der Waals surface area contributed by atoms with Gasteiger partial charge in [0.05, 0.1) is 6.20 Å². The van der Waals surface area contributed by atoms with Crippen LogP contribution in [0.4, 0.5) is 0 Å². The summed E-state index contributed by atoms with van der Waals surface area (Å²) in [7, 11) is 0. The van der Waals surface area contributed by atoms with Crippen molar-refractivity contribution in [3.8, 4) is 11.8 Å². The fourth-order valence-electron chi connectivity index (χ4n) is 1.48. The molecule has 1 N–H and O–H groups in total. The summed E-state index contributed by atoms with van der Waals surface area (Å²) in [4.78, 5) is 14.9. The van der Waals surface area contributed by atoms with Gasteiger partial charge in [0, 0.05) is 26.1 Å². The summed E-state index contributed by atoms with van der Waals surface area (Å²) in [6.07, 6.45) is 4.32. The average molecular weight is 227 g/mol. The predicted octanol–water partition coefficient (Wildman–Crippen LogP) is 1.21. The Hall–Kier alpha value is -2.28. The molecule has 0 fully saturated rings. The smallest absolute Gasteiger partial charge is 0.216 e. The van der Waals surface area contributed by atoms with E-state index in [0.29, 0.717) is 13.0 Å². The number of carbonyl (C=O) groups is 1. The maximum Gasteiger partial charge on any atom is 0.216 e. The SMILES string of the molecule is CC(=O)NCCC#Cc1cnc2ccccn12. The molecule has 0 saturated carbocycles. The minimum absolute atomic E-state index is 0.0263. The van der Waals surface area contributed by atoms with E-state index >= 15 is 0 Å². The van der Waals surface area contributed by atoms with E-state index in [1.165, 1.54) is 6.92 Å². The van der Waals surface area contributed by atoms with Crippen molar-refractivity contribution in [2.24, 2.45) is 0 Å². The van der Waals surface area contributed by atoms with Crippen molar-refractivity contribution in [2.75, 3.05) is 6.54 Å². The number of nitrogens with one attached hydrogen (secondary N) is 1. The van der Waals surface area contributed by atoms with Crippen molar-refractivity contribution in [2.45, 2.75) is 13.3 Å². The van der Waals surface area contributed by atoms with Gasteiger partial charge in [0.2, 0.25) is 5.91 Å². The van der Waals surface area contributed by atoms with Crippen LogP contribution in [0.3, 0.4) is 0 Å². The molecule has 4 nitrogen and oxygen atoms in total. The highest BCUT2D eigenvalue weighted by atomic mass is 16.1. The summed E-state index contributed by atoms with van der Waals surface area (Å²) in [5, 5.41) is 2.70. The third kappa shape index (κ3) is 2.85. The summed E-state index contributed by atoms with van der Waals surface area (Å²) < 4.78 is 1.94. The molecule has 17 heavy (non-hydrogen) atoms. The first-order valence-corrected chi connectivity index (χ1v) is 5.43. The van der Waals surface area contributed by atoms with Crippen molar-refractivity contribution in [1.82, 2.24) is 14.7 Å². The highest BCUT2D eigenvalue weighted by Crippen LogP contribution is 2.04. The molecule has 2 aromatic rings. The van der Waals surface area contributed by atoms with Crippen LogP contribution in [0.15, 0.2) is 30.6 Å². The zero-order valence-corrected chi connectivity index (χ0v) is 9.60. The van der Waals surface area contributed by atoms with E-state index in [1.807, 2.05) is 28.8 Å². The summed E-state index contributed by atoms with van der Waals surface area (Å²) in [6.45, 7) is 2.08. The molecule has 0 atom stereocenters. The Balaban J connectivity index is 2.04. The molecule has 4 heteroatoms. The first-order valence-electron chi connectivity index (χ1n) is 5.43. The van der Waals surface area contributed by atoms with Gasteiger partial charge in [0.25, 0.3) is 0 Å². The molecule has 86 valence electrons. The van der Waals surface area contributed by atoms with Gasteiger partial charge in [-0.05, 0) is 18.1 Å². The van der Waals surface area contributed by atoms with Crippen LogP contribution in [0.5, 0.6) is 0 Å². The maximum atomic E-state index is 10.6. The molecule has 0 unspecified atom stereocenters. The van der Waals surface area contributed by atoms with Crippen LogP contribution in [0.25, 0.3) is 5.65 Å². The molecule has 0 saturated heterocycles. The summed E-state index contributed by atoms with van der Waals surface area (Å²) in [5.74, 6) is 6.02. The Morgan fingerprint density at radius 2 is 2.41 bits per heavy atom.